The predicted molar refractivity (Wildman–Crippen MR) is 157 cm³/mol. The number of carbonyl (C=O) groups is 2. The van der Waals surface area contributed by atoms with Gasteiger partial charge in [-0.1, -0.05) is 78.9 Å². The van der Waals surface area contributed by atoms with Gasteiger partial charge in [-0.25, -0.2) is 0 Å². The Balaban J connectivity index is 1.44. The largest absolute Gasteiger partial charge is 0.497 e. The molecule has 4 aromatic carbocycles. The molecule has 1 N–H and O–H groups in total. The summed E-state index contributed by atoms with van der Waals surface area (Å²) >= 11 is 0. The van der Waals surface area contributed by atoms with E-state index in [2.05, 4.69) is 41.2 Å². The third-order valence-corrected chi connectivity index (χ3v) is 7.89. The molecule has 6 rings (SSSR count). The first-order valence-corrected chi connectivity index (χ1v) is 13.4. The van der Waals surface area contributed by atoms with E-state index in [1.54, 1.807) is 12.0 Å². The van der Waals surface area contributed by atoms with Crippen LogP contribution in [0.2, 0.25) is 0 Å². The average molecular weight is 530 g/mol. The lowest BCUT2D eigenvalue weighted by atomic mass is 9.92. The van der Waals surface area contributed by atoms with E-state index in [9.17, 15) is 9.59 Å². The standard InChI is InChI=1S/C34H31N3O3/c1-22(33(38)35-21-23-17-19-25(40-3)20-18-23)37-32(26-13-7-8-14-27(26)34(37)39)30-28-15-9-10-16-29(28)36(2)31(30)24-11-5-4-6-12-24/h4-20,22,32H,21H2,1-3H3,(H,35,38). The number of rotatable bonds is 7. The Morgan fingerprint density at radius 2 is 1.57 bits per heavy atom. The van der Waals surface area contributed by atoms with Crippen LogP contribution in [0.25, 0.3) is 22.2 Å². The van der Waals surface area contributed by atoms with Crippen molar-refractivity contribution < 1.29 is 14.3 Å². The molecule has 0 saturated carbocycles. The Labute approximate surface area is 233 Å². The van der Waals surface area contributed by atoms with Crippen molar-refractivity contribution in [3.05, 3.63) is 125 Å². The zero-order valence-electron chi connectivity index (χ0n) is 22.8. The molecule has 1 aliphatic rings. The number of ether oxygens (including phenoxy) is 1. The van der Waals surface area contributed by atoms with Gasteiger partial charge in [0.1, 0.15) is 11.8 Å². The van der Waals surface area contributed by atoms with Crippen molar-refractivity contribution in [3.8, 4) is 17.0 Å². The minimum Gasteiger partial charge on any atom is -0.497 e. The number of fused-ring (bicyclic) bond motifs is 2. The summed E-state index contributed by atoms with van der Waals surface area (Å²) in [4.78, 5) is 29.3. The van der Waals surface area contributed by atoms with E-state index in [1.165, 1.54) is 0 Å². The smallest absolute Gasteiger partial charge is 0.255 e. The minimum absolute atomic E-state index is 0.139. The second-order valence-corrected chi connectivity index (χ2v) is 10.1. The van der Waals surface area contributed by atoms with Gasteiger partial charge >= 0.3 is 0 Å². The average Bonchev–Trinajstić information content (AvgIpc) is 3.46. The molecule has 2 heterocycles. The molecule has 6 nitrogen and oxygen atoms in total. The van der Waals surface area contributed by atoms with E-state index in [-0.39, 0.29) is 11.8 Å². The Hall–Kier alpha value is -4.84. The number of hydrogen-bond donors (Lipinski definition) is 1. The van der Waals surface area contributed by atoms with Crippen molar-refractivity contribution in [1.29, 1.82) is 0 Å². The Bertz CT molecular complexity index is 1710. The minimum atomic E-state index is -0.703. The van der Waals surface area contributed by atoms with Gasteiger partial charge in [-0.05, 0) is 47.9 Å². The summed E-state index contributed by atoms with van der Waals surface area (Å²) < 4.78 is 7.43. The summed E-state index contributed by atoms with van der Waals surface area (Å²) in [6.07, 6.45) is 0. The van der Waals surface area contributed by atoms with E-state index in [0.29, 0.717) is 12.1 Å². The molecule has 1 aliphatic heterocycles. The second-order valence-electron chi connectivity index (χ2n) is 10.1. The highest BCUT2D eigenvalue weighted by Gasteiger charge is 2.44. The molecule has 2 unspecified atom stereocenters. The SMILES string of the molecule is COc1ccc(CNC(=O)C(C)N2C(=O)c3ccccc3C2c2c(-c3ccccc3)n(C)c3ccccc23)cc1. The van der Waals surface area contributed by atoms with Crippen molar-refractivity contribution in [2.45, 2.75) is 25.6 Å². The topological polar surface area (TPSA) is 63.6 Å². The van der Waals surface area contributed by atoms with Crippen LogP contribution in [0.4, 0.5) is 0 Å². The summed E-state index contributed by atoms with van der Waals surface area (Å²) in [5.74, 6) is 0.416. The summed E-state index contributed by atoms with van der Waals surface area (Å²) in [7, 11) is 3.69. The lowest BCUT2D eigenvalue weighted by molar-refractivity contribution is -0.125. The van der Waals surface area contributed by atoms with E-state index in [4.69, 9.17) is 4.74 Å². The first kappa shape index (κ1) is 25.4. The maximum absolute atomic E-state index is 14.0. The van der Waals surface area contributed by atoms with Crippen molar-refractivity contribution in [2.24, 2.45) is 7.05 Å². The number of aryl methyl sites for hydroxylation is 1. The maximum Gasteiger partial charge on any atom is 0.255 e. The van der Waals surface area contributed by atoms with Crippen LogP contribution < -0.4 is 10.1 Å². The van der Waals surface area contributed by atoms with Gasteiger partial charge in [0, 0.05) is 35.6 Å². The van der Waals surface area contributed by atoms with Gasteiger partial charge in [0.25, 0.3) is 5.91 Å². The number of nitrogens with zero attached hydrogens (tertiary/aromatic N) is 2. The molecule has 1 aromatic heterocycles. The zero-order valence-corrected chi connectivity index (χ0v) is 22.8. The third-order valence-electron chi connectivity index (χ3n) is 7.89. The fraction of sp³-hybridized carbons (Fsp3) is 0.176. The number of amides is 2. The molecule has 6 heteroatoms. The van der Waals surface area contributed by atoms with Crippen molar-refractivity contribution in [3.63, 3.8) is 0 Å². The lowest BCUT2D eigenvalue weighted by Gasteiger charge is -2.31. The highest BCUT2D eigenvalue weighted by Crippen LogP contribution is 2.47. The highest BCUT2D eigenvalue weighted by molar-refractivity contribution is 6.04. The molecule has 0 radical (unpaired) electrons. The number of methoxy groups -OCH3 is 1. The van der Waals surface area contributed by atoms with Gasteiger partial charge in [0.15, 0.2) is 0 Å². The summed E-state index contributed by atoms with van der Waals surface area (Å²) in [6, 6.07) is 32.7. The maximum atomic E-state index is 14.0. The van der Waals surface area contributed by atoms with Crippen LogP contribution in [0.3, 0.4) is 0 Å². The van der Waals surface area contributed by atoms with E-state index < -0.39 is 12.1 Å². The summed E-state index contributed by atoms with van der Waals surface area (Å²) in [5.41, 5.74) is 6.69. The molecular weight excluding hydrogens is 498 g/mol. The van der Waals surface area contributed by atoms with Crippen molar-refractivity contribution in [1.82, 2.24) is 14.8 Å². The van der Waals surface area contributed by atoms with Gasteiger partial charge < -0.3 is 19.5 Å². The molecule has 2 amide bonds. The van der Waals surface area contributed by atoms with Crippen LogP contribution in [0.15, 0.2) is 103 Å². The van der Waals surface area contributed by atoms with Crippen LogP contribution >= 0.6 is 0 Å². The molecular formula is C34H31N3O3. The monoisotopic (exact) mass is 529 g/mol. The fourth-order valence-corrected chi connectivity index (χ4v) is 5.88. The number of aromatic nitrogens is 1. The van der Waals surface area contributed by atoms with Gasteiger partial charge in [-0.15, -0.1) is 0 Å². The first-order valence-electron chi connectivity index (χ1n) is 13.4. The fourth-order valence-electron chi connectivity index (χ4n) is 5.88. The van der Waals surface area contributed by atoms with Gasteiger partial charge in [0.05, 0.1) is 18.8 Å². The Morgan fingerprint density at radius 1 is 0.900 bits per heavy atom. The molecule has 40 heavy (non-hydrogen) atoms. The van der Waals surface area contributed by atoms with Gasteiger partial charge in [-0.3, -0.25) is 9.59 Å². The van der Waals surface area contributed by atoms with E-state index >= 15 is 0 Å². The third kappa shape index (κ3) is 4.22. The molecule has 5 aromatic rings. The molecule has 0 spiro atoms. The van der Waals surface area contributed by atoms with Crippen LogP contribution in [0, 0.1) is 0 Å². The summed E-state index contributed by atoms with van der Waals surface area (Å²) in [5, 5.41) is 4.11. The van der Waals surface area contributed by atoms with Crippen LogP contribution in [-0.2, 0) is 18.4 Å². The molecule has 2 atom stereocenters. The van der Waals surface area contributed by atoms with Crippen molar-refractivity contribution in [2.75, 3.05) is 7.11 Å². The number of nitrogens with one attached hydrogen (secondary N) is 1. The van der Waals surface area contributed by atoms with Gasteiger partial charge in [0.2, 0.25) is 5.91 Å². The second kappa shape index (κ2) is 10.4. The molecule has 200 valence electrons. The highest BCUT2D eigenvalue weighted by atomic mass is 16.5. The Morgan fingerprint density at radius 3 is 2.33 bits per heavy atom. The number of para-hydroxylation sites is 1. The number of benzene rings is 4. The quantitative estimate of drug-likeness (QED) is 0.277. The van der Waals surface area contributed by atoms with Crippen LogP contribution in [0.1, 0.15) is 40.0 Å². The predicted octanol–water partition coefficient (Wildman–Crippen LogP) is 6.10. The van der Waals surface area contributed by atoms with Crippen molar-refractivity contribution >= 4 is 22.7 Å². The zero-order chi connectivity index (χ0) is 27.8. The molecule has 0 saturated heterocycles. The van der Waals surface area contributed by atoms with Crippen LogP contribution in [-0.4, -0.2) is 34.4 Å². The lowest BCUT2D eigenvalue weighted by Crippen LogP contribution is -2.46. The summed E-state index contributed by atoms with van der Waals surface area (Å²) in [6.45, 7) is 2.17. The first-order chi connectivity index (χ1) is 19.5. The Kier molecular flexibility index (Phi) is 6.60. The van der Waals surface area contributed by atoms with E-state index in [0.717, 1.165) is 44.6 Å². The molecule has 0 bridgehead atoms. The number of carbonyl (C=O) groups excluding carboxylic acids is 2. The van der Waals surface area contributed by atoms with Crippen LogP contribution in [0.5, 0.6) is 5.75 Å². The molecule has 0 fully saturated rings. The van der Waals surface area contributed by atoms with E-state index in [1.807, 2.05) is 85.8 Å². The molecule has 0 aliphatic carbocycles. The van der Waals surface area contributed by atoms with Gasteiger partial charge in [-0.2, -0.15) is 0 Å². The normalized spacial score (nSPS) is 15.2. The number of hydrogen-bond acceptors (Lipinski definition) is 3.